The third kappa shape index (κ3) is 2.22. The number of hydrogen-bond acceptors (Lipinski definition) is 4. The van der Waals surface area contributed by atoms with Gasteiger partial charge in [0.15, 0.2) is 0 Å². The molecule has 1 aromatic heterocycles. The number of carbonyl (C=O) groups is 2. The summed E-state index contributed by atoms with van der Waals surface area (Å²) in [5.41, 5.74) is 0. The highest BCUT2D eigenvalue weighted by Crippen LogP contribution is 2.27. The normalized spacial score (nSPS) is 26.9. The Morgan fingerprint density at radius 2 is 2.15 bits per heavy atom. The first-order valence-electron chi connectivity index (χ1n) is 7.10. The van der Waals surface area contributed by atoms with Crippen LogP contribution in [0.25, 0.3) is 0 Å². The van der Waals surface area contributed by atoms with Crippen molar-refractivity contribution in [1.29, 1.82) is 0 Å². The van der Waals surface area contributed by atoms with Crippen LogP contribution in [-0.2, 0) is 16.1 Å². The predicted molar refractivity (Wildman–Crippen MR) is 76.2 cm³/mol. The molecule has 2 saturated heterocycles. The van der Waals surface area contributed by atoms with Crippen LogP contribution in [0.1, 0.15) is 36.1 Å². The molecule has 0 radical (unpaired) electrons. The number of nitrogens with zero attached hydrogens (tertiary/aromatic N) is 3. The second kappa shape index (κ2) is 5.16. The van der Waals surface area contributed by atoms with Crippen LogP contribution in [0.4, 0.5) is 0 Å². The molecule has 3 rings (SSSR count). The van der Waals surface area contributed by atoms with E-state index in [4.69, 9.17) is 0 Å². The van der Waals surface area contributed by atoms with Crippen molar-refractivity contribution < 1.29 is 9.59 Å². The van der Waals surface area contributed by atoms with E-state index < -0.39 is 0 Å². The van der Waals surface area contributed by atoms with Gasteiger partial charge in [0.05, 0.1) is 6.54 Å². The molecule has 2 atom stereocenters. The summed E-state index contributed by atoms with van der Waals surface area (Å²) in [6.45, 7) is 5.00. The van der Waals surface area contributed by atoms with E-state index in [9.17, 15) is 9.59 Å². The van der Waals surface area contributed by atoms with Gasteiger partial charge in [0.1, 0.15) is 17.1 Å². The molecule has 0 saturated carbocycles. The number of amides is 2. The molecule has 2 unspecified atom stereocenters. The van der Waals surface area contributed by atoms with Crippen molar-refractivity contribution in [3.63, 3.8) is 0 Å². The number of piperazine rings is 1. The lowest BCUT2D eigenvalue weighted by Crippen LogP contribution is -2.64. The summed E-state index contributed by atoms with van der Waals surface area (Å²) >= 11 is 1.59. The number of fused-ring (bicyclic) bond motifs is 1. The molecule has 0 N–H and O–H groups in total. The topological polar surface area (TPSA) is 53.5 Å². The summed E-state index contributed by atoms with van der Waals surface area (Å²) in [5.74, 6) is 0.173. The van der Waals surface area contributed by atoms with E-state index in [-0.39, 0.29) is 23.9 Å². The van der Waals surface area contributed by atoms with Crippen molar-refractivity contribution in [2.24, 2.45) is 0 Å². The highest BCUT2D eigenvalue weighted by molar-refractivity contribution is 7.11. The first-order valence-corrected chi connectivity index (χ1v) is 7.92. The Hall–Kier alpha value is -1.43. The van der Waals surface area contributed by atoms with E-state index in [2.05, 4.69) is 4.98 Å². The molecule has 0 spiro atoms. The number of rotatable bonds is 2. The highest BCUT2D eigenvalue weighted by Gasteiger charge is 2.44. The Bertz CT molecular complexity index is 542. The van der Waals surface area contributed by atoms with Crippen LogP contribution in [0.5, 0.6) is 0 Å². The number of thiazole rings is 1. The Balaban J connectivity index is 1.83. The smallest absolute Gasteiger partial charge is 0.246 e. The summed E-state index contributed by atoms with van der Waals surface area (Å²) in [4.78, 5) is 34.0. The van der Waals surface area contributed by atoms with Crippen LogP contribution in [-0.4, -0.2) is 45.2 Å². The summed E-state index contributed by atoms with van der Waals surface area (Å²) in [7, 11) is 0. The van der Waals surface area contributed by atoms with Crippen LogP contribution in [0.15, 0.2) is 6.20 Å². The van der Waals surface area contributed by atoms with Gasteiger partial charge in [-0.25, -0.2) is 4.98 Å². The largest absolute Gasteiger partial charge is 0.329 e. The fourth-order valence-electron chi connectivity index (χ4n) is 3.04. The number of piperidine rings is 1. The van der Waals surface area contributed by atoms with Crippen molar-refractivity contribution in [1.82, 2.24) is 14.8 Å². The van der Waals surface area contributed by atoms with E-state index in [1.165, 1.54) is 0 Å². The van der Waals surface area contributed by atoms with Crippen molar-refractivity contribution in [2.75, 3.05) is 6.54 Å². The third-order valence-corrected chi connectivity index (χ3v) is 5.05. The Labute approximate surface area is 122 Å². The fraction of sp³-hybridized carbons (Fsp3) is 0.643. The molecule has 6 heteroatoms. The summed E-state index contributed by atoms with van der Waals surface area (Å²) in [5, 5.41) is 0.903. The average Bonchev–Trinajstić information content (AvgIpc) is 2.86. The van der Waals surface area contributed by atoms with Gasteiger partial charge in [-0.2, -0.15) is 0 Å². The van der Waals surface area contributed by atoms with Gasteiger partial charge in [-0.3, -0.25) is 9.59 Å². The van der Waals surface area contributed by atoms with Gasteiger partial charge in [-0.05, 0) is 33.1 Å². The zero-order valence-electron chi connectivity index (χ0n) is 11.8. The van der Waals surface area contributed by atoms with E-state index in [0.29, 0.717) is 6.54 Å². The van der Waals surface area contributed by atoms with Gasteiger partial charge >= 0.3 is 0 Å². The summed E-state index contributed by atoms with van der Waals surface area (Å²) in [6.07, 6.45) is 4.64. The minimum atomic E-state index is -0.374. The van der Waals surface area contributed by atoms with Gasteiger partial charge in [-0.1, -0.05) is 0 Å². The van der Waals surface area contributed by atoms with Crippen LogP contribution in [0.3, 0.4) is 0 Å². The molecule has 108 valence electrons. The van der Waals surface area contributed by atoms with Gasteiger partial charge in [0.25, 0.3) is 0 Å². The zero-order valence-corrected chi connectivity index (χ0v) is 12.7. The van der Waals surface area contributed by atoms with Crippen molar-refractivity contribution in [3.05, 3.63) is 16.1 Å². The second-order valence-corrected chi connectivity index (χ2v) is 6.87. The Morgan fingerprint density at radius 1 is 1.35 bits per heavy atom. The molecular weight excluding hydrogens is 274 g/mol. The van der Waals surface area contributed by atoms with Gasteiger partial charge in [-0.15, -0.1) is 11.3 Å². The van der Waals surface area contributed by atoms with Crippen molar-refractivity contribution >= 4 is 23.2 Å². The quantitative estimate of drug-likeness (QED) is 0.831. The van der Waals surface area contributed by atoms with Crippen LogP contribution in [0, 0.1) is 6.92 Å². The van der Waals surface area contributed by atoms with Crippen LogP contribution >= 0.6 is 11.3 Å². The van der Waals surface area contributed by atoms with E-state index in [1.807, 2.05) is 20.0 Å². The maximum absolute atomic E-state index is 12.6. The van der Waals surface area contributed by atoms with Gasteiger partial charge in [0.2, 0.25) is 11.8 Å². The number of carbonyl (C=O) groups excluding carboxylic acids is 2. The Morgan fingerprint density at radius 3 is 2.85 bits per heavy atom. The van der Waals surface area contributed by atoms with E-state index in [1.54, 1.807) is 21.1 Å². The number of aryl methyl sites for hydroxylation is 1. The lowest BCUT2D eigenvalue weighted by molar-refractivity contribution is -0.163. The monoisotopic (exact) mass is 293 g/mol. The van der Waals surface area contributed by atoms with Crippen molar-refractivity contribution in [2.45, 2.75) is 51.7 Å². The molecule has 1 aromatic rings. The molecule has 5 nitrogen and oxygen atoms in total. The predicted octanol–water partition coefficient (Wildman–Crippen LogP) is 1.56. The first kappa shape index (κ1) is 13.5. The maximum atomic E-state index is 12.6. The molecule has 2 amide bonds. The van der Waals surface area contributed by atoms with E-state index >= 15 is 0 Å². The number of hydrogen-bond donors (Lipinski definition) is 0. The maximum Gasteiger partial charge on any atom is 0.246 e. The van der Waals surface area contributed by atoms with Crippen LogP contribution < -0.4 is 0 Å². The van der Waals surface area contributed by atoms with Gasteiger partial charge < -0.3 is 9.80 Å². The lowest BCUT2D eigenvalue weighted by Gasteiger charge is -2.45. The second-order valence-electron chi connectivity index (χ2n) is 5.55. The van der Waals surface area contributed by atoms with Gasteiger partial charge in [0, 0.05) is 17.6 Å². The zero-order chi connectivity index (χ0) is 14.3. The molecule has 2 aliphatic rings. The Kier molecular flexibility index (Phi) is 3.50. The minimum absolute atomic E-state index is 0.0857. The van der Waals surface area contributed by atoms with Crippen molar-refractivity contribution in [3.8, 4) is 0 Å². The average molecular weight is 293 g/mol. The highest BCUT2D eigenvalue weighted by atomic mass is 32.1. The minimum Gasteiger partial charge on any atom is -0.329 e. The molecular formula is C14H19N3O2S. The molecule has 20 heavy (non-hydrogen) atoms. The van der Waals surface area contributed by atoms with E-state index in [0.717, 1.165) is 35.7 Å². The third-order valence-electron chi connectivity index (χ3n) is 4.15. The first-order chi connectivity index (χ1) is 9.58. The molecule has 0 aromatic carbocycles. The standard InChI is InChI=1S/C14H19N3O2S/c1-9-7-15-12(20-9)8-17-10(2)13(18)16-6-4-3-5-11(16)14(17)19/h7,10-11H,3-6,8H2,1-2H3. The number of aromatic nitrogens is 1. The summed E-state index contributed by atoms with van der Waals surface area (Å²) in [6, 6.07) is -0.616. The lowest BCUT2D eigenvalue weighted by atomic mass is 9.96. The van der Waals surface area contributed by atoms with Crippen LogP contribution in [0.2, 0.25) is 0 Å². The molecule has 2 aliphatic heterocycles. The molecule has 0 bridgehead atoms. The summed E-state index contributed by atoms with van der Waals surface area (Å²) < 4.78 is 0. The molecule has 3 heterocycles. The SMILES string of the molecule is Cc1cnc(CN2C(=O)C3CCCCN3C(=O)C2C)s1. The molecule has 0 aliphatic carbocycles. The molecule has 2 fully saturated rings. The fourth-order valence-corrected chi connectivity index (χ4v) is 3.83.